The van der Waals surface area contributed by atoms with Crippen molar-refractivity contribution in [1.82, 2.24) is 5.43 Å². The Morgan fingerprint density at radius 2 is 1.92 bits per heavy atom. The van der Waals surface area contributed by atoms with Gasteiger partial charge in [-0.25, -0.2) is 9.82 Å². The van der Waals surface area contributed by atoms with Crippen LogP contribution in [0.2, 0.25) is 0 Å². The van der Waals surface area contributed by atoms with E-state index in [4.69, 9.17) is 4.74 Å². The van der Waals surface area contributed by atoms with Crippen LogP contribution in [0.5, 0.6) is 11.5 Å². The summed E-state index contributed by atoms with van der Waals surface area (Å²) in [5.41, 5.74) is 2.90. The summed E-state index contributed by atoms with van der Waals surface area (Å²) in [5.74, 6) is -2.60. The monoisotopic (exact) mass is 423 g/mol. The molecule has 9 heteroatoms. The van der Waals surface area contributed by atoms with E-state index in [9.17, 15) is 19.1 Å². The molecule has 2 amide bonds. The fourth-order valence-electron chi connectivity index (χ4n) is 1.92. The van der Waals surface area contributed by atoms with Crippen LogP contribution < -0.4 is 15.5 Å². The number of carbonyl (C=O) groups is 2. The first kappa shape index (κ1) is 19.4. The molecule has 0 fully saturated rings. The highest BCUT2D eigenvalue weighted by Gasteiger charge is 2.15. The normalized spacial score (nSPS) is 11.0. The average Bonchev–Trinajstić information content (AvgIpc) is 2.62. The second-order valence-corrected chi connectivity index (χ2v) is 6.02. The number of nitrogens with zero attached hydrogens (tertiary/aromatic N) is 1. The number of rotatable bonds is 4. The summed E-state index contributed by atoms with van der Waals surface area (Å²) >= 11 is 3.09. The van der Waals surface area contributed by atoms with Crippen LogP contribution in [0.25, 0.3) is 0 Å². The SMILES string of the molecule is COc1cc(/C(C)=N/NC(=O)C(=O)Nc2ccc(Br)cc2F)ccc1O. The van der Waals surface area contributed by atoms with Crippen molar-refractivity contribution in [2.75, 3.05) is 12.4 Å². The molecule has 0 unspecified atom stereocenters. The zero-order valence-corrected chi connectivity index (χ0v) is 15.4. The van der Waals surface area contributed by atoms with E-state index < -0.39 is 17.6 Å². The molecule has 2 rings (SSSR count). The minimum absolute atomic E-state index is 0.0380. The molecular weight excluding hydrogens is 409 g/mol. The lowest BCUT2D eigenvalue weighted by atomic mass is 10.1. The Morgan fingerprint density at radius 1 is 1.19 bits per heavy atom. The maximum Gasteiger partial charge on any atom is 0.329 e. The topological polar surface area (TPSA) is 100 Å². The molecule has 136 valence electrons. The van der Waals surface area contributed by atoms with E-state index in [1.165, 1.54) is 31.4 Å². The van der Waals surface area contributed by atoms with Crippen LogP contribution in [0.3, 0.4) is 0 Å². The van der Waals surface area contributed by atoms with E-state index in [1.54, 1.807) is 13.0 Å². The van der Waals surface area contributed by atoms with E-state index in [2.05, 4.69) is 31.8 Å². The smallest absolute Gasteiger partial charge is 0.329 e. The summed E-state index contributed by atoms with van der Waals surface area (Å²) in [6, 6.07) is 8.52. The molecule has 0 heterocycles. The first-order chi connectivity index (χ1) is 12.3. The van der Waals surface area contributed by atoms with Gasteiger partial charge in [0.25, 0.3) is 0 Å². The second kappa shape index (κ2) is 8.43. The quantitative estimate of drug-likeness (QED) is 0.399. The van der Waals surface area contributed by atoms with Crippen molar-refractivity contribution in [3.8, 4) is 11.5 Å². The lowest BCUT2D eigenvalue weighted by Gasteiger charge is -2.07. The Bertz CT molecular complexity index is 886. The zero-order valence-electron chi connectivity index (χ0n) is 13.8. The van der Waals surface area contributed by atoms with Crippen LogP contribution in [0, 0.1) is 5.82 Å². The first-order valence-corrected chi connectivity index (χ1v) is 8.09. The van der Waals surface area contributed by atoms with Gasteiger partial charge in [-0.3, -0.25) is 9.59 Å². The van der Waals surface area contributed by atoms with Crippen molar-refractivity contribution < 1.29 is 23.8 Å². The minimum Gasteiger partial charge on any atom is -0.504 e. The molecule has 0 saturated heterocycles. The predicted octanol–water partition coefficient (Wildman–Crippen LogP) is 2.78. The highest BCUT2D eigenvalue weighted by molar-refractivity contribution is 9.10. The van der Waals surface area contributed by atoms with Gasteiger partial charge in [-0.2, -0.15) is 5.10 Å². The Labute approximate surface area is 157 Å². The fourth-order valence-corrected chi connectivity index (χ4v) is 2.26. The molecule has 0 bridgehead atoms. The van der Waals surface area contributed by atoms with Gasteiger partial charge in [0.2, 0.25) is 0 Å². The highest BCUT2D eigenvalue weighted by atomic mass is 79.9. The van der Waals surface area contributed by atoms with Crippen molar-refractivity contribution >= 4 is 39.1 Å². The van der Waals surface area contributed by atoms with Crippen LogP contribution in [-0.4, -0.2) is 29.7 Å². The summed E-state index contributed by atoms with van der Waals surface area (Å²) in [6.07, 6.45) is 0. The number of carbonyl (C=O) groups excluding carboxylic acids is 2. The number of phenolic OH excluding ortho intramolecular Hbond substituents is 1. The summed E-state index contributed by atoms with van der Waals surface area (Å²) in [5, 5.41) is 15.5. The Hall–Kier alpha value is -2.94. The number of halogens is 2. The third-order valence-corrected chi connectivity index (χ3v) is 3.80. The molecule has 0 aliphatic heterocycles. The molecule has 2 aromatic rings. The van der Waals surface area contributed by atoms with E-state index in [0.717, 1.165) is 6.07 Å². The highest BCUT2D eigenvalue weighted by Crippen LogP contribution is 2.26. The number of hydrogen-bond acceptors (Lipinski definition) is 5. The van der Waals surface area contributed by atoms with Crippen molar-refractivity contribution in [2.24, 2.45) is 5.10 Å². The third-order valence-electron chi connectivity index (χ3n) is 3.31. The van der Waals surface area contributed by atoms with Crippen LogP contribution in [-0.2, 0) is 9.59 Å². The molecule has 0 spiro atoms. The van der Waals surface area contributed by atoms with Crippen molar-refractivity contribution in [1.29, 1.82) is 0 Å². The average molecular weight is 424 g/mol. The predicted molar refractivity (Wildman–Crippen MR) is 97.7 cm³/mol. The number of methoxy groups -OCH3 is 1. The van der Waals surface area contributed by atoms with Gasteiger partial charge in [0.15, 0.2) is 11.5 Å². The summed E-state index contributed by atoms with van der Waals surface area (Å²) in [4.78, 5) is 23.6. The van der Waals surface area contributed by atoms with Gasteiger partial charge in [-0.05, 0) is 43.3 Å². The van der Waals surface area contributed by atoms with Gasteiger partial charge in [-0.15, -0.1) is 0 Å². The van der Waals surface area contributed by atoms with Crippen LogP contribution in [0.4, 0.5) is 10.1 Å². The van der Waals surface area contributed by atoms with Gasteiger partial charge < -0.3 is 15.2 Å². The number of phenols is 1. The lowest BCUT2D eigenvalue weighted by Crippen LogP contribution is -2.33. The van der Waals surface area contributed by atoms with Crippen LogP contribution >= 0.6 is 15.9 Å². The molecule has 0 atom stereocenters. The summed E-state index contributed by atoms with van der Waals surface area (Å²) < 4.78 is 19.2. The molecule has 0 saturated carbocycles. The number of benzene rings is 2. The number of aromatic hydroxyl groups is 1. The van der Waals surface area contributed by atoms with Gasteiger partial charge in [0.1, 0.15) is 5.82 Å². The zero-order chi connectivity index (χ0) is 19.3. The molecule has 0 aromatic heterocycles. The first-order valence-electron chi connectivity index (χ1n) is 7.30. The van der Waals surface area contributed by atoms with Crippen LogP contribution in [0.15, 0.2) is 46.0 Å². The molecule has 3 N–H and O–H groups in total. The van der Waals surface area contributed by atoms with Gasteiger partial charge >= 0.3 is 11.8 Å². The lowest BCUT2D eigenvalue weighted by molar-refractivity contribution is -0.136. The molecule has 0 aliphatic rings. The fraction of sp³-hybridized carbons (Fsp3) is 0.118. The second-order valence-electron chi connectivity index (χ2n) is 5.10. The van der Waals surface area contributed by atoms with Crippen molar-refractivity contribution in [3.05, 3.63) is 52.3 Å². The standard InChI is InChI=1S/C17H15BrFN3O4/c1-9(10-3-6-14(23)15(7-10)26-2)21-22-17(25)16(24)20-13-5-4-11(18)8-12(13)19/h3-8,23H,1-2H3,(H,20,24)(H,22,25)/b21-9+. The number of nitrogens with one attached hydrogen (secondary N) is 2. The van der Waals surface area contributed by atoms with Gasteiger partial charge in [-0.1, -0.05) is 15.9 Å². The molecule has 26 heavy (non-hydrogen) atoms. The minimum atomic E-state index is -1.06. The van der Waals surface area contributed by atoms with Gasteiger partial charge in [0, 0.05) is 10.0 Å². The maximum absolute atomic E-state index is 13.7. The number of amides is 2. The van der Waals surface area contributed by atoms with E-state index >= 15 is 0 Å². The molecule has 2 aromatic carbocycles. The van der Waals surface area contributed by atoms with Crippen molar-refractivity contribution in [3.63, 3.8) is 0 Å². The van der Waals surface area contributed by atoms with Crippen LogP contribution in [0.1, 0.15) is 12.5 Å². The van der Waals surface area contributed by atoms with Crippen molar-refractivity contribution in [2.45, 2.75) is 6.92 Å². The molecular formula is C17H15BrFN3O4. The number of hydrazone groups is 1. The molecule has 0 radical (unpaired) electrons. The number of ether oxygens (including phenoxy) is 1. The third kappa shape index (κ3) is 4.79. The largest absolute Gasteiger partial charge is 0.504 e. The summed E-state index contributed by atoms with van der Waals surface area (Å²) in [6.45, 7) is 1.60. The van der Waals surface area contributed by atoms with E-state index in [0.29, 0.717) is 15.7 Å². The Balaban J connectivity index is 2.04. The number of anilines is 1. The van der Waals surface area contributed by atoms with E-state index in [-0.39, 0.29) is 17.2 Å². The maximum atomic E-state index is 13.7. The summed E-state index contributed by atoms with van der Waals surface area (Å²) in [7, 11) is 1.40. The number of hydrogen-bond donors (Lipinski definition) is 3. The molecule has 7 nitrogen and oxygen atoms in total. The van der Waals surface area contributed by atoms with E-state index in [1.807, 2.05) is 0 Å². The molecule has 0 aliphatic carbocycles. The Morgan fingerprint density at radius 3 is 2.58 bits per heavy atom. The Kier molecular flexibility index (Phi) is 6.29. The van der Waals surface area contributed by atoms with Gasteiger partial charge in [0.05, 0.1) is 18.5 Å².